The highest BCUT2D eigenvalue weighted by Gasteiger charge is 2.28. The van der Waals surface area contributed by atoms with Gasteiger partial charge in [0.05, 0.1) is 17.2 Å². The predicted molar refractivity (Wildman–Crippen MR) is 106 cm³/mol. The third kappa shape index (κ3) is 5.96. The molecule has 2 N–H and O–H groups in total. The Bertz CT molecular complexity index is 1030. The summed E-state index contributed by atoms with van der Waals surface area (Å²) in [6.45, 7) is -0.794. The first-order chi connectivity index (χ1) is 14.6. The lowest BCUT2D eigenvalue weighted by Crippen LogP contribution is -2.28. The van der Waals surface area contributed by atoms with Gasteiger partial charge in [0.2, 0.25) is 10.0 Å². The Hall–Kier alpha value is -2.63. The molecule has 0 bridgehead atoms. The quantitative estimate of drug-likeness (QED) is 0.619. The summed E-state index contributed by atoms with van der Waals surface area (Å²) < 4.78 is 67.7. The monoisotopic (exact) mass is 458 g/mol. The van der Waals surface area contributed by atoms with Gasteiger partial charge in [-0.3, -0.25) is 4.79 Å². The van der Waals surface area contributed by atoms with Crippen LogP contribution in [0.3, 0.4) is 0 Å². The number of anilines is 1. The number of sulfonamides is 1. The molecule has 168 valence electrons. The summed E-state index contributed by atoms with van der Waals surface area (Å²) in [5.41, 5.74) is 0.553. The van der Waals surface area contributed by atoms with Gasteiger partial charge in [-0.15, -0.1) is 0 Å². The van der Waals surface area contributed by atoms with Gasteiger partial charge in [0, 0.05) is 18.7 Å². The van der Waals surface area contributed by atoms with Crippen LogP contribution in [0.15, 0.2) is 47.4 Å². The van der Waals surface area contributed by atoms with Gasteiger partial charge in [-0.1, -0.05) is 12.1 Å². The number of hydrogen-bond acceptors (Lipinski definition) is 5. The minimum absolute atomic E-state index is 0.0420. The number of ether oxygens (including phenoxy) is 1. The fourth-order valence-electron chi connectivity index (χ4n) is 3.08. The van der Waals surface area contributed by atoms with E-state index in [9.17, 15) is 31.5 Å². The van der Waals surface area contributed by atoms with Crippen molar-refractivity contribution >= 4 is 21.6 Å². The van der Waals surface area contributed by atoms with Gasteiger partial charge < -0.3 is 15.2 Å². The molecule has 2 aromatic carbocycles. The number of aromatic hydroxyl groups is 1. The van der Waals surface area contributed by atoms with Crippen LogP contribution >= 0.6 is 0 Å². The van der Waals surface area contributed by atoms with Crippen LogP contribution < -0.4 is 5.32 Å². The van der Waals surface area contributed by atoms with Crippen LogP contribution in [0.4, 0.5) is 18.9 Å². The van der Waals surface area contributed by atoms with E-state index in [1.807, 2.05) is 0 Å². The maximum absolute atomic E-state index is 12.7. The van der Waals surface area contributed by atoms with Crippen molar-refractivity contribution in [3.8, 4) is 5.75 Å². The van der Waals surface area contributed by atoms with Gasteiger partial charge in [-0.05, 0) is 48.7 Å². The van der Waals surface area contributed by atoms with Crippen molar-refractivity contribution in [1.29, 1.82) is 0 Å². The molecule has 1 heterocycles. The molecule has 1 amide bonds. The Labute approximate surface area is 177 Å². The summed E-state index contributed by atoms with van der Waals surface area (Å²) in [6.07, 6.45) is -2.87. The Balaban J connectivity index is 1.68. The SMILES string of the molecule is O=C(Nc1cc(S(=O)(=O)N2CCCC2)ccc1O)c1ccc(COCC(F)(F)F)cc1. The van der Waals surface area contributed by atoms with E-state index in [0.29, 0.717) is 18.7 Å². The highest BCUT2D eigenvalue weighted by molar-refractivity contribution is 7.89. The Morgan fingerprint density at radius 3 is 2.35 bits per heavy atom. The molecule has 0 aliphatic carbocycles. The topological polar surface area (TPSA) is 95.9 Å². The molecule has 1 fully saturated rings. The van der Waals surface area contributed by atoms with Gasteiger partial charge in [0.25, 0.3) is 5.91 Å². The van der Waals surface area contributed by atoms with E-state index in [1.165, 1.54) is 46.8 Å². The number of phenolic OH excluding ortho intramolecular Hbond substituents is 1. The van der Waals surface area contributed by atoms with E-state index in [4.69, 9.17) is 0 Å². The molecule has 1 aliphatic heterocycles. The van der Waals surface area contributed by atoms with Crippen LogP contribution in [0.1, 0.15) is 28.8 Å². The maximum Gasteiger partial charge on any atom is 0.411 e. The number of rotatable bonds is 7. The number of nitrogens with one attached hydrogen (secondary N) is 1. The summed E-state index contributed by atoms with van der Waals surface area (Å²) in [6, 6.07) is 9.33. The summed E-state index contributed by atoms with van der Waals surface area (Å²) in [7, 11) is -3.73. The molecule has 0 aromatic heterocycles. The normalized spacial score (nSPS) is 15.2. The lowest BCUT2D eigenvalue weighted by atomic mass is 10.1. The highest BCUT2D eigenvalue weighted by atomic mass is 32.2. The first-order valence-electron chi connectivity index (χ1n) is 9.44. The second kappa shape index (κ2) is 9.25. The Morgan fingerprint density at radius 2 is 1.74 bits per heavy atom. The summed E-state index contributed by atoms with van der Waals surface area (Å²) in [5, 5.41) is 12.5. The average molecular weight is 458 g/mol. The molecule has 1 saturated heterocycles. The Kier molecular flexibility index (Phi) is 6.87. The summed E-state index contributed by atoms with van der Waals surface area (Å²) >= 11 is 0. The third-order valence-electron chi connectivity index (χ3n) is 4.67. The van der Waals surface area contributed by atoms with Crippen molar-refractivity contribution in [2.45, 2.75) is 30.5 Å². The lowest BCUT2D eigenvalue weighted by Gasteiger charge is -2.16. The van der Waals surface area contributed by atoms with Crippen LogP contribution in [0, 0.1) is 0 Å². The molecule has 0 saturated carbocycles. The van der Waals surface area contributed by atoms with Gasteiger partial charge in [0.15, 0.2) is 0 Å². The number of alkyl halides is 3. The van der Waals surface area contributed by atoms with Crippen molar-refractivity contribution in [2.24, 2.45) is 0 Å². The lowest BCUT2D eigenvalue weighted by molar-refractivity contribution is -0.176. The smallest absolute Gasteiger partial charge is 0.411 e. The van der Waals surface area contributed by atoms with E-state index in [-0.39, 0.29) is 28.5 Å². The predicted octanol–water partition coefficient (Wildman–Crippen LogP) is 3.51. The number of amides is 1. The largest absolute Gasteiger partial charge is 0.506 e. The summed E-state index contributed by atoms with van der Waals surface area (Å²) in [5.74, 6) is -0.917. The number of halogens is 3. The standard InChI is InChI=1S/C20H21F3N2O5S/c21-20(22,23)13-30-12-14-3-5-15(6-4-14)19(27)24-17-11-16(7-8-18(17)26)31(28,29)25-9-1-2-10-25/h3-8,11,26H,1-2,9-10,12-13H2,(H,24,27). The van der Waals surface area contributed by atoms with Crippen molar-refractivity contribution in [3.05, 3.63) is 53.6 Å². The van der Waals surface area contributed by atoms with Gasteiger partial charge in [-0.25, -0.2) is 8.42 Å². The van der Waals surface area contributed by atoms with E-state index in [0.717, 1.165) is 12.8 Å². The van der Waals surface area contributed by atoms with Crippen molar-refractivity contribution < 1.29 is 36.2 Å². The second-order valence-electron chi connectivity index (χ2n) is 7.05. The van der Waals surface area contributed by atoms with Crippen LogP contribution in [0.5, 0.6) is 5.75 Å². The van der Waals surface area contributed by atoms with Crippen LogP contribution in [-0.2, 0) is 21.4 Å². The highest BCUT2D eigenvalue weighted by Crippen LogP contribution is 2.29. The van der Waals surface area contributed by atoms with E-state index in [1.54, 1.807) is 0 Å². The van der Waals surface area contributed by atoms with Gasteiger partial charge in [-0.2, -0.15) is 17.5 Å². The van der Waals surface area contributed by atoms with Gasteiger partial charge in [0.1, 0.15) is 12.4 Å². The molecule has 2 aromatic rings. The van der Waals surface area contributed by atoms with Crippen LogP contribution in [0.2, 0.25) is 0 Å². The number of carbonyl (C=O) groups is 1. The number of hydrogen-bond donors (Lipinski definition) is 2. The first kappa shape index (κ1) is 23.0. The first-order valence-corrected chi connectivity index (χ1v) is 10.9. The van der Waals surface area contributed by atoms with Crippen molar-refractivity contribution in [1.82, 2.24) is 4.31 Å². The summed E-state index contributed by atoms with van der Waals surface area (Å²) in [4.78, 5) is 12.4. The zero-order chi connectivity index (χ0) is 22.6. The molecule has 31 heavy (non-hydrogen) atoms. The van der Waals surface area contributed by atoms with Crippen LogP contribution in [0.25, 0.3) is 0 Å². The average Bonchev–Trinajstić information content (AvgIpc) is 3.25. The molecule has 1 aliphatic rings. The minimum Gasteiger partial charge on any atom is -0.506 e. The van der Waals surface area contributed by atoms with E-state index < -0.39 is 28.7 Å². The molecule has 0 spiro atoms. The fraction of sp³-hybridized carbons (Fsp3) is 0.350. The number of nitrogens with zero attached hydrogens (tertiary/aromatic N) is 1. The van der Waals surface area contributed by atoms with E-state index >= 15 is 0 Å². The Morgan fingerprint density at radius 1 is 1.10 bits per heavy atom. The molecule has 0 radical (unpaired) electrons. The maximum atomic E-state index is 12.7. The molecule has 0 unspecified atom stereocenters. The number of carbonyl (C=O) groups excluding carboxylic acids is 1. The number of phenols is 1. The minimum atomic E-state index is -4.42. The molecular formula is C20H21F3N2O5S. The molecular weight excluding hydrogens is 437 g/mol. The molecule has 11 heteroatoms. The second-order valence-corrected chi connectivity index (χ2v) is 8.99. The molecule has 7 nitrogen and oxygen atoms in total. The number of benzene rings is 2. The third-order valence-corrected chi connectivity index (χ3v) is 6.56. The van der Waals surface area contributed by atoms with Crippen molar-refractivity contribution in [2.75, 3.05) is 25.0 Å². The van der Waals surface area contributed by atoms with Gasteiger partial charge >= 0.3 is 6.18 Å². The zero-order valence-electron chi connectivity index (χ0n) is 16.4. The molecule has 0 atom stereocenters. The fourth-order valence-corrected chi connectivity index (χ4v) is 4.63. The van der Waals surface area contributed by atoms with Crippen molar-refractivity contribution in [3.63, 3.8) is 0 Å². The molecule has 3 rings (SSSR count). The zero-order valence-corrected chi connectivity index (χ0v) is 17.2. The van der Waals surface area contributed by atoms with E-state index in [2.05, 4.69) is 10.1 Å². The van der Waals surface area contributed by atoms with Crippen LogP contribution in [-0.4, -0.2) is 49.6 Å².